The summed E-state index contributed by atoms with van der Waals surface area (Å²) < 4.78 is 0. The SMILES string of the molecule is Cc1ccc(N2C(=O)C(O)=C(c3ccccc3)C2=O)c(C)c1. The molecule has 1 aliphatic heterocycles. The van der Waals surface area contributed by atoms with E-state index in [4.69, 9.17) is 0 Å². The summed E-state index contributed by atoms with van der Waals surface area (Å²) in [6.45, 7) is 3.77. The molecule has 1 heterocycles. The van der Waals surface area contributed by atoms with Crippen molar-refractivity contribution < 1.29 is 14.7 Å². The summed E-state index contributed by atoms with van der Waals surface area (Å²) in [5, 5.41) is 10.1. The van der Waals surface area contributed by atoms with Crippen LogP contribution in [0.2, 0.25) is 0 Å². The fourth-order valence-corrected chi connectivity index (χ4v) is 2.66. The third-order valence-corrected chi connectivity index (χ3v) is 3.72. The van der Waals surface area contributed by atoms with Gasteiger partial charge in [-0.05, 0) is 31.0 Å². The van der Waals surface area contributed by atoms with Crippen molar-refractivity contribution in [2.75, 3.05) is 4.90 Å². The highest BCUT2D eigenvalue weighted by Gasteiger charge is 2.40. The van der Waals surface area contributed by atoms with Gasteiger partial charge < -0.3 is 5.11 Å². The monoisotopic (exact) mass is 293 g/mol. The number of aliphatic hydroxyl groups excluding tert-OH is 1. The number of carbonyl (C=O) groups is 2. The van der Waals surface area contributed by atoms with Gasteiger partial charge in [0, 0.05) is 0 Å². The summed E-state index contributed by atoms with van der Waals surface area (Å²) in [5.41, 5.74) is 2.93. The summed E-state index contributed by atoms with van der Waals surface area (Å²) >= 11 is 0. The molecule has 0 atom stereocenters. The van der Waals surface area contributed by atoms with Crippen molar-refractivity contribution in [3.63, 3.8) is 0 Å². The van der Waals surface area contributed by atoms with E-state index in [0.29, 0.717) is 11.3 Å². The van der Waals surface area contributed by atoms with Gasteiger partial charge in [0.1, 0.15) is 0 Å². The van der Waals surface area contributed by atoms with Gasteiger partial charge in [-0.25, -0.2) is 4.90 Å². The van der Waals surface area contributed by atoms with E-state index in [1.54, 1.807) is 30.3 Å². The van der Waals surface area contributed by atoms with Gasteiger partial charge in [0.2, 0.25) is 0 Å². The van der Waals surface area contributed by atoms with Crippen molar-refractivity contribution in [2.24, 2.45) is 0 Å². The molecule has 0 unspecified atom stereocenters. The number of anilines is 1. The summed E-state index contributed by atoms with van der Waals surface area (Å²) in [6, 6.07) is 14.2. The van der Waals surface area contributed by atoms with E-state index >= 15 is 0 Å². The second-order valence-electron chi connectivity index (χ2n) is 5.33. The van der Waals surface area contributed by atoms with E-state index in [0.717, 1.165) is 16.0 Å². The van der Waals surface area contributed by atoms with Gasteiger partial charge >= 0.3 is 5.91 Å². The Morgan fingerprint density at radius 1 is 0.909 bits per heavy atom. The van der Waals surface area contributed by atoms with E-state index in [2.05, 4.69) is 0 Å². The highest BCUT2D eigenvalue weighted by Crippen LogP contribution is 2.33. The lowest BCUT2D eigenvalue weighted by molar-refractivity contribution is -0.121. The van der Waals surface area contributed by atoms with Crippen LogP contribution in [0.5, 0.6) is 0 Å². The first-order valence-corrected chi connectivity index (χ1v) is 6.95. The Balaban J connectivity index is 2.08. The molecule has 0 aromatic heterocycles. The number of hydrogen-bond acceptors (Lipinski definition) is 3. The molecule has 0 saturated heterocycles. The summed E-state index contributed by atoms with van der Waals surface area (Å²) in [5.74, 6) is -1.69. The maximum Gasteiger partial charge on any atom is 0.301 e. The molecule has 110 valence electrons. The van der Waals surface area contributed by atoms with Crippen molar-refractivity contribution in [1.82, 2.24) is 0 Å². The fourth-order valence-electron chi connectivity index (χ4n) is 2.66. The molecule has 3 rings (SSSR count). The molecule has 1 N–H and O–H groups in total. The Morgan fingerprint density at radius 3 is 2.23 bits per heavy atom. The number of benzene rings is 2. The van der Waals surface area contributed by atoms with E-state index in [9.17, 15) is 14.7 Å². The van der Waals surface area contributed by atoms with Crippen LogP contribution in [0.4, 0.5) is 5.69 Å². The standard InChI is InChI=1S/C18H15NO3/c1-11-8-9-14(12(2)10-11)19-17(21)15(16(20)18(19)22)13-6-4-3-5-7-13/h3-10,20H,1-2H3. The second-order valence-corrected chi connectivity index (χ2v) is 5.33. The minimum absolute atomic E-state index is 0.0468. The Labute approximate surface area is 128 Å². The van der Waals surface area contributed by atoms with E-state index in [-0.39, 0.29) is 5.57 Å². The largest absolute Gasteiger partial charge is 0.502 e. The molecule has 0 aliphatic carbocycles. The molecule has 2 aromatic carbocycles. The molecule has 1 aliphatic rings. The summed E-state index contributed by atoms with van der Waals surface area (Å²) in [7, 11) is 0. The maximum absolute atomic E-state index is 12.7. The lowest BCUT2D eigenvalue weighted by atomic mass is 10.1. The van der Waals surface area contributed by atoms with Crippen molar-refractivity contribution in [2.45, 2.75) is 13.8 Å². The molecule has 0 fully saturated rings. The topological polar surface area (TPSA) is 57.6 Å². The number of amides is 2. The number of aryl methyl sites for hydroxylation is 2. The van der Waals surface area contributed by atoms with E-state index < -0.39 is 17.6 Å². The van der Waals surface area contributed by atoms with E-state index in [1.807, 2.05) is 32.0 Å². The van der Waals surface area contributed by atoms with Gasteiger partial charge in [-0.3, -0.25) is 9.59 Å². The molecular formula is C18H15NO3. The number of rotatable bonds is 2. The molecule has 4 heteroatoms. The first kappa shape index (κ1) is 14.1. The summed E-state index contributed by atoms with van der Waals surface area (Å²) in [6.07, 6.45) is 0. The number of imide groups is 1. The summed E-state index contributed by atoms with van der Waals surface area (Å²) in [4.78, 5) is 26.0. The number of carbonyl (C=O) groups excluding carboxylic acids is 2. The van der Waals surface area contributed by atoms with Crippen LogP contribution >= 0.6 is 0 Å². The van der Waals surface area contributed by atoms with Crippen LogP contribution in [0.1, 0.15) is 16.7 Å². The Hall–Kier alpha value is -2.88. The van der Waals surface area contributed by atoms with Crippen LogP contribution in [0.3, 0.4) is 0 Å². The number of hydrogen-bond donors (Lipinski definition) is 1. The quantitative estimate of drug-likeness (QED) is 0.865. The normalized spacial score (nSPS) is 14.9. The minimum atomic E-state index is -0.684. The highest BCUT2D eigenvalue weighted by molar-refractivity contribution is 6.45. The van der Waals surface area contributed by atoms with Gasteiger partial charge in [0.05, 0.1) is 11.3 Å². The molecule has 0 spiro atoms. The maximum atomic E-state index is 12.7. The highest BCUT2D eigenvalue weighted by atomic mass is 16.3. The van der Waals surface area contributed by atoms with Gasteiger partial charge in [-0.1, -0.05) is 48.0 Å². The predicted molar refractivity (Wildman–Crippen MR) is 84.4 cm³/mol. The molecule has 2 aromatic rings. The second kappa shape index (κ2) is 5.15. The molecule has 2 amide bonds. The molecular weight excluding hydrogens is 278 g/mol. The zero-order valence-electron chi connectivity index (χ0n) is 12.3. The van der Waals surface area contributed by atoms with Crippen LogP contribution in [0.25, 0.3) is 5.57 Å². The Bertz CT molecular complexity index is 806. The van der Waals surface area contributed by atoms with Crippen LogP contribution in [0, 0.1) is 13.8 Å². The molecule has 0 bridgehead atoms. The molecule has 4 nitrogen and oxygen atoms in total. The first-order valence-electron chi connectivity index (χ1n) is 6.95. The smallest absolute Gasteiger partial charge is 0.301 e. The van der Waals surface area contributed by atoms with Crippen LogP contribution in [0.15, 0.2) is 54.3 Å². The fraction of sp³-hybridized carbons (Fsp3) is 0.111. The van der Waals surface area contributed by atoms with Crippen molar-refractivity contribution >= 4 is 23.1 Å². The third kappa shape index (κ3) is 2.09. The van der Waals surface area contributed by atoms with Crippen molar-refractivity contribution in [1.29, 1.82) is 0 Å². The molecule has 22 heavy (non-hydrogen) atoms. The van der Waals surface area contributed by atoms with Gasteiger partial charge in [0.25, 0.3) is 5.91 Å². The molecule has 0 saturated carbocycles. The van der Waals surface area contributed by atoms with Crippen molar-refractivity contribution in [3.8, 4) is 0 Å². The lowest BCUT2D eigenvalue weighted by Crippen LogP contribution is -2.32. The third-order valence-electron chi connectivity index (χ3n) is 3.72. The average molecular weight is 293 g/mol. The zero-order chi connectivity index (χ0) is 15.9. The van der Waals surface area contributed by atoms with Crippen LogP contribution in [-0.2, 0) is 9.59 Å². The van der Waals surface area contributed by atoms with Gasteiger partial charge in [-0.2, -0.15) is 0 Å². The first-order chi connectivity index (χ1) is 10.5. The van der Waals surface area contributed by atoms with Crippen LogP contribution < -0.4 is 4.90 Å². The van der Waals surface area contributed by atoms with Gasteiger partial charge in [0.15, 0.2) is 5.76 Å². The minimum Gasteiger partial charge on any atom is -0.502 e. The average Bonchev–Trinajstić information content (AvgIpc) is 2.71. The van der Waals surface area contributed by atoms with Crippen molar-refractivity contribution in [3.05, 3.63) is 71.0 Å². The Morgan fingerprint density at radius 2 is 1.59 bits per heavy atom. The predicted octanol–water partition coefficient (Wildman–Crippen LogP) is 3.15. The van der Waals surface area contributed by atoms with Gasteiger partial charge in [-0.15, -0.1) is 0 Å². The number of aliphatic hydroxyl groups is 1. The van der Waals surface area contributed by atoms with Crippen LogP contribution in [-0.4, -0.2) is 16.9 Å². The molecule has 0 radical (unpaired) electrons. The Kier molecular flexibility index (Phi) is 3.29. The number of nitrogens with zero attached hydrogens (tertiary/aromatic N) is 1. The zero-order valence-corrected chi connectivity index (χ0v) is 12.3. The lowest BCUT2D eigenvalue weighted by Gasteiger charge is -2.17. The van der Waals surface area contributed by atoms with E-state index in [1.165, 1.54) is 0 Å².